The summed E-state index contributed by atoms with van der Waals surface area (Å²) >= 11 is 7.04. The van der Waals surface area contributed by atoms with Crippen LogP contribution in [0.4, 0.5) is 0 Å². The van der Waals surface area contributed by atoms with Gasteiger partial charge in [-0.25, -0.2) is 0 Å². The van der Waals surface area contributed by atoms with E-state index in [9.17, 15) is 0 Å². The zero-order valence-corrected chi connectivity index (χ0v) is 15.5. The number of hydrogen-bond donors (Lipinski definition) is 1. The van der Waals surface area contributed by atoms with Gasteiger partial charge < -0.3 is 10.5 Å². The van der Waals surface area contributed by atoms with E-state index >= 15 is 0 Å². The van der Waals surface area contributed by atoms with Gasteiger partial charge >= 0.3 is 0 Å². The van der Waals surface area contributed by atoms with Crippen molar-refractivity contribution in [3.63, 3.8) is 0 Å². The number of hydrogen-bond acceptors (Lipinski definition) is 3. The predicted molar refractivity (Wildman–Crippen MR) is 91.4 cm³/mol. The topological polar surface area (TPSA) is 53.1 Å². The highest BCUT2D eigenvalue weighted by Crippen LogP contribution is 2.29. The summed E-state index contributed by atoms with van der Waals surface area (Å²) in [6, 6.07) is 5.81. The molecule has 4 nitrogen and oxygen atoms in total. The fourth-order valence-electron chi connectivity index (χ4n) is 2.16. The minimum absolute atomic E-state index is 0.0845. The molecule has 0 fully saturated rings. The van der Waals surface area contributed by atoms with E-state index in [4.69, 9.17) is 10.5 Å². The van der Waals surface area contributed by atoms with Gasteiger partial charge in [0.15, 0.2) is 0 Å². The molecule has 0 aliphatic carbocycles. The lowest BCUT2D eigenvalue weighted by molar-refractivity contribution is 0.287. The number of ether oxygens (including phenoxy) is 1. The third-order valence-electron chi connectivity index (χ3n) is 3.28. The molecule has 0 amide bonds. The molecule has 6 heteroatoms. The predicted octanol–water partition coefficient (Wildman–Crippen LogP) is 4.34. The number of nitrogens with two attached hydrogens (primary N) is 1. The van der Waals surface area contributed by atoms with Gasteiger partial charge in [0.2, 0.25) is 0 Å². The van der Waals surface area contributed by atoms with E-state index < -0.39 is 0 Å². The fourth-order valence-corrected chi connectivity index (χ4v) is 2.94. The third-order valence-corrected chi connectivity index (χ3v) is 4.80. The van der Waals surface area contributed by atoms with Crippen LogP contribution < -0.4 is 10.5 Å². The molecule has 1 heterocycles. The lowest BCUT2D eigenvalue weighted by atomic mass is 10.1. The molecular formula is C15H19Br2N3O. The van der Waals surface area contributed by atoms with Gasteiger partial charge in [0, 0.05) is 22.6 Å². The van der Waals surface area contributed by atoms with Crippen LogP contribution in [0.1, 0.15) is 36.8 Å². The quantitative estimate of drug-likeness (QED) is 0.788. The first-order valence-electron chi connectivity index (χ1n) is 6.83. The van der Waals surface area contributed by atoms with Crippen molar-refractivity contribution in [3.05, 3.63) is 44.1 Å². The molecule has 2 aromatic rings. The van der Waals surface area contributed by atoms with E-state index in [1.54, 1.807) is 0 Å². The summed E-state index contributed by atoms with van der Waals surface area (Å²) in [7, 11) is 0. The van der Waals surface area contributed by atoms with Gasteiger partial charge in [-0.05, 0) is 54.9 Å². The van der Waals surface area contributed by atoms with Crippen LogP contribution in [0.25, 0.3) is 0 Å². The minimum atomic E-state index is -0.0845. The molecular weight excluding hydrogens is 398 g/mol. The monoisotopic (exact) mass is 415 g/mol. The Kier molecular flexibility index (Phi) is 5.46. The summed E-state index contributed by atoms with van der Waals surface area (Å²) < 4.78 is 9.93. The molecule has 0 saturated carbocycles. The number of aromatic nitrogens is 2. The Labute approximate surface area is 141 Å². The molecule has 0 bridgehead atoms. The van der Waals surface area contributed by atoms with E-state index in [0.29, 0.717) is 6.61 Å². The molecule has 0 saturated heterocycles. The Morgan fingerprint density at radius 2 is 2.10 bits per heavy atom. The van der Waals surface area contributed by atoms with Crippen LogP contribution in [-0.4, -0.2) is 9.78 Å². The Morgan fingerprint density at radius 1 is 1.38 bits per heavy atom. The Balaban J connectivity index is 2.25. The molecule has 114 valence electrons. The van der Waals surface area contributed by atoms with Crippen LogP contribution in [0, 0.1) is 6.92 Å². The summed E-state index contributed by atoms with van der Waals surface area (Å²) in [5, 5.41) is 4.47. The first kappa shape index (κ1) is 16.5. The normalized spacial score (nSPS) is 12.5. The van der Waals surface area contributed by atoms with E-state index in [1.807, 2.05) is 36.7 Å². The highest BCUT2D eigenvalue weighted by atomic mass is 79.9. The Hall–Kier alpha value is -0.850. The van der Waals surface area contributed by atoms with E-state index in [0.717, 1.165) is 38.2 Å². The molecule has 2 N–H and O–H groups in total. The average Bonchev–Trinajstić information content (AvgIpc) is 2.72. The Morgan fingerprint density at radius 3 is 2.71 bits per heavy atom. The average molecular weight is 417 g/mol. The molecule has 0 aliphatic heterocycles. The fraction of sp³-hybridized carbons (Fsp3) is 0.400. The van der Waals surface area contributed by atoms with Crippen LogP contribution in [-0.2, 0) is 13.2 Å². The number of rotatable bonds is 5. The number of aryl methyl sites for hydroxylation is 2. The second-order valence-corrected chi connectivity index (χ2v) is 6.63. The molecule has 0 aliphatic rings. The molecule has 0 spiro atoms. The van der Waals surface area contributed by atoms with Gasteiger partial charge in [-0.1, -0.05) is 15.9 Å². The van der Waals surface area contributed by atoms with Crippen molar-refractivity contribution in [2.75, 3.05) is 0 Å². The molecule has 21 heavy (non-hydrogen) atoms. The maximum absolute atomic E-state index is 6.01. The maximum atomic E-state index is 6.01. The third kappa shape index (κ3) is 3.67. The van der Waals surface area contributed by atoms with E-state index in [2.05, 4.69) is 43.9 Å². The SMILES string of the molecule is CCn1nc(C)c(Br)c1COc1ccc(Br)cc1[C@H](C)N. The van der Waals surface area contributed by atoms with Gasteiger partial charge in [-0.3, -0.25) is 4.68 Å². The summed E-state index contributed by atoms with van der Waals surface area (Å²) in [6.45, 7) is 7.26. The zero-order valence-electron chi connectivity index (χ0n) is 12.4. The molecule has 0 unspecified atom stereocenters. The molecule has 1 atom stereocenters. The highest BCUT2D eigenvalue weighted by molar-refractivity contribution is 9.10. The summed E-state index contributed by atoms with van der Waals surface area (Å²) in [4.78, 5) is 0. The molecule has 2 rings (SSSR count). The van der Waals surface area contributed by atoms with Crippen molar-refractivity contribution in [2.24, 2.45) is 5.73 Å². The smallest absolute Gasteiger partial charge is 0.131 e. The van der Waals surface area contributed by atoms with Crippen molar-refractivity contribution in [1.82, 2.24) is 9.78 Å². The van der Waals surface area contributed by atoms with Crippen LogP contribution in [0.2, 0.25) is 0 Å². The van der Waals surface area contributed by atoms with Crippen molar-refractivity contribution in [3.8, 4) is 5.75 Å². The van der Waals surface area contributed by atoms with E-state index in [-0.39, 0.29) is 6.04 Å². The summed E-state index contributed by atoms with van der Waals surface area (Å²) in [5.41, 5.74) is 9.01. The van der Waals surface area contributed by atoms with Crippen molar-refractivity contribution < 1.29 is 4.74 Å². The molecule has 1 aromatic heterocycles. The first-order valence-corrected chi connectivity index (χ1v) is 8.42. The van der Waals surface area contributed by atoms with Crippen LogP contribution in [0.15, 0.2) is 27.1 Å². The summed E-state index contributed by atoms with van der Waals surface area (Å²) in [6.07, 6.45) is 0. The van der Waals surface area contributed by atoms with Gasteiger partial charge in [0.25, 0.3) is 0 Å². The van der Waals surface area contributed by atoms with Gasteiger partial charge in [-0.2, -0.15) is 5.10 Å². The van der Waals surface area contributed by atoms with Crippen LogP contribution in [0.5, 0.6) is 5.75 Å². The second-order valence-electron chi connectivity index (χ2n) is 4.92. The Bertz CT molecular complexity index is 638. The lowest BCUT2D eigenvalue weighted by Crippen LogP contribution is -2.10. The lowest BCUT2D eigenvalue weighted by Gasteiger charge is -2.15. The first-order chi connectivity index (χ1) is 9.93. The van der Waals surface area contributed by atoms with Crippen LogP contribution >= 0.6 is 31.9 Å². The maximum Gasteiger partial charge on any atom is 0.131 e. The van der Waals surface area contributed by atoms with Gasteiger partial charge in [0.05, 0.1) is 15.9 Å². The van der Waals surface area contributed by atoms with Crippen molar-refractivity contribution in [1.29, 1.82) is 0 Å². The van der Waals surface area contributed by atoms with Crippen molar-refractivity contribution >= 4 is 31.9 Å². The zero-order chi connectivity index (χ0) is 15.6. The van der Waals surface area contributed by atoms with Crippen molar-refractivity contribution in [2.45, 2.75) is 40.0 Å². The second kappa shape index (κ2) is 6.94. The summed E-state index contributed by atoms with van der Waals surface area (Å²) in [5.74, 6) is 0.807. The van der Waals surface area contributed by atoms with Gasteiger partial charge in [0.1, 0.15) is 12.4 Å². The number of benzene rings is 1. The van der Waals surface area contributed by atoms with E-state index in [1.165, 1.54) is 0 Å². The van der Waals surface area contributed by atoms with Gasteiger partial charge in [-0.15, -0.1) is 0 Å². The largest absolute Gasteiger partial charge is 0.487 e. The minimum Gasteiger partial charge on any atom is -0.487 e. The number of nitrogens with zero attached hydrogens (tertiary/aromatic N) is 2. The standard InChI is InChI=1S/C15H19Br2N3O/c1-4-20-13(15(17)10(3)19-20)8-21-14-6-5-11(16)7-12(14)9(2)18/h5-7,9H,4,8,18H2,1-3H3/t9-/m0/s1. The molecule has 1 aromatic carbocycles. The highest BCUT2D eigenvalue weighted by Gasteiger charge is 2.14. The molecule has 0 radical (unpaired) electrons. The van der Waals surface area contributed by atoms with Crippen LogP contribution in [0.3, 0.4) is 0 Å². The number of halogens is 2.